The van der Waals surface area contributed by atoms with Crippen LogP contribution in [0.1, 0.15) is 13.8 Å². The molecule has 0 spiro atoms. The summed E-state index contributed by atoms with van der Waals surface area (Å²) in [4.78, 5) is 4.29. The van der Waals surface area contributed by atoms with Gasteiger partial charge in [0.15, 0.2) is 0 Å². The van der Waals surface area contributed by atoms with E-state index in [4.69, 9.17) is 11.5 Å². The lowest BCUT2D eigenvalue weighted by Gasteiger charge is -2.21. The van der Waals surface area contributed by atoms with E-state index >= 15 is 0 Å². The molecule has 0 bridgehead atoms. The van der Waals surface area contributed by atoms with E-state index in [9.17, 15) is 0 Å². The lowest BCUT2D eigenvalue weighted by Crippen LogP contribution is -2.39. The minimum absolute atomic E-state index is 0.281. The number of benzene rings is 1. The molecule has 0 unspecified atom stereocenters. The van der Waals surface area contributed by atoms with E-state index in [1.165, 1.54) is 0 Å². The summed E-state index contributed by atoms with van der Waals surface area (Å²) < 4.78 is 0. The van der Waals surface area contributed by atoms with Gasteiger partial charge in [0.2, 0.25) is 0 Å². The van der Waals surface area contributed by atoms with Crippen molar-refractivity contribution >= 4 is 22.3 Å². The van der Waals surface area contributed by atoms with Crippen LogP contribution in [0.4, 0.5) is 11.4 Å². The largest absolute Gasteiger partial charge is 0.396 e. The predicted octanol–water partition coefficient (Wildman–Crippen LogP) is 1.97. The molecule has 0 amide bonds. The molecule has 1 aromatic carbocycles. The van der Waals surface area contributed by atoms with Crippen molar-refractivity contribution in [1.82, 2.24) is 4.98 Å². The number of nitrogens with two attached hydrogens (primary N) is 2. The third-order valence-corrected chi connectivity index (χ3v) is 2.53. The Morgan fingerprint density at radius 2 is 2.00 bits per heavy atom. The Hall–Kier alpha value is -1.81. The van der Waals surface area contributed by atoms with Crippen LogP contribution in [-0.4, -0.2) is 17.1 Å². The molecule has 5 N–H and O–H groups in total. The lowest BCUT2D eigenvalue weighted by molar-refractivity contribution is 0.550. The highest BCUT2D eigenvalue weighted by Crippen LogP contribution is 2.27. The zero-order valence-corrected chi connectivity index (χ0v) is 10.2. The van der Waals surface area contributed by atoms with Crippen LogP contribution in [0.25, 0.3) is 10.9 Å². The normalized spacial score (nSPS) is 11.7. The molecule has 0 fully saturated rings. The van der Waals surface area contributed by atoms with Crippen molar-refractivity contribution in [2.75, 3.05) is 17.6 Å². The first-order chi connectivity index (χ1) is 7.97. The average molecular weight is 230 g/mol. The summed E-state index contributed by atoms with van der Waals surface area (Å²) in [6.07, 6.45) is 1.67. The van der Waals surface area contributed by atoms with Gasteiger partial charge in [0, 0.05) is 17.5 Å². The standard InChI is InChI=1S/C13H18N4/c1-13(2,15)8-17-12-9-5-3-4-6-11(9)16-7-10(12)14/h3-7H,8,14-15H2,1-2H3,(H,16,17). The van der Waals surface area contributed by atoms with Crippen molar-refractivity contribution < 1.29 is 0 Å². The maximum atomic E-state index is 5.96. The van der Waals surface area contributed by atoms with E-state index in [0.717, 1.165) is 16.6 Å². The summed E-state index contributed by atoms with van der Waals surface area (Å²) in [5.74, 6) is 0. The van der Waals surface area contributed by atoms with Crippen LogP contribution in [0.5, 0.6) is 0 Å². The van der Waals surface area contributed by atoms with Gasteiger partial charge in [-0.25, -0.2) is 0 Å². The van der Waals surface area contributed by atoms with Gasteiger partial charge in [-0.15, -0.1) is 0 Å². The summed E-state index contributed by atoms with van der Waals surface area (Å²) in [7, 11) is 0. The first-order valence-electron chi connectivity index (χ1n) is 5.63. The van der Waals surface area contributed by atoms with Crippen molar-refractivity contribution in [3.8, 4) is 0 Å². The fraction of sp³-hybridized carbons (Fsp3) is 0.308. The highest BCUT2D eigenvalue weighted by atomic mass is 15.0. The number of nitrogen functional groups attached to an aromatic ring is 1. The molecule has 0 aliphatic carbocycles. The summed E-state index contributed by atoms with van der Waals surface area (Å²) >= 11 is 0. The zero-order valence-electron chi connectivity index (χ0n) is 10.2. The quantitative estimate of drug-likeness (QED) is 0.753. The first-order valence-corrected chi connectivity index (χ1v) is 5.63. The van der Waals surface area contributed by atoms with E-state index in [2.05, 4.69) is 10.3 Å². The summed E-state index contributed by atoms with van der Waals surface area (Å²) in [6.45, 7) is 4.60. The van der Waals surface area contributed by atoms with Crippen molar-refractivity contribution in [2.45, 2.75) is 19.4 Å². The van der Waals surface area contributed by atoms with E-state index < -0.39 is 0 Å². The summed E-state index contributed by atoms with van der Waals surface area (Å²) in [5, 5.41) is 4.33. The van der Waals surface area contributed by atoms with Gasteiger partial charge in [0.25, 0.3) is 0 Å². The van der Waals surface area contributed by atoms with E-state index in [-0.39, 0.29) is 5.54 Å². The Kier molecular flexibility index (Phi) is 2.90. The number of rotatable bonds is 3. The van der Waals surface area contributed by atoms with Crippen LogP contribution in [0, 0.1) is 0 Å². The minimum Gasteiger partial charge on any atom is -0.396 e. The van der Waals surface area contributed by atoms with Crippen LogP contribution >= 0.6 is 0 Å². The molecule has 1 heterocycles. The van der Waals surface area contributed by atoms with Crippen LogP contribution in [0.2, 0.25) is 0 Å². The number of nitrogens with zero attached hydrogens (tertiary/aromatic N) is 1. The average Bonchev–Trinajstić information content (AvgIpc) is 2.26. The highest BCUT2D eigenvalue weighted by molar-refractivity contribution is 5.96. The molecular weight excluding hydrogens is 212 g/mol. The molecule has 1 aromatic heterocycles. The molecule has 17 heavy (non-hydrogen) atoms. The van der Waals surface area contributed by atoms with Gasteiger partial charge >= 0.3 is 0 Å². The summed E-state index contributed by atoms with van der Waals surface area (Å²) in [6, 6.07) is 7.91. The second-order valence-corrected chi connectivity index (χ2v) is 4.95. The predicted molar refractivity (Wildman–Crippen MR) is 72.9 cm³/mol. The van der Waals surface area contributed by atoms with Crippen molar-refractivity contribution in [1.29, 1.82) is 0 Å². The molecule has 2 aromatic rings. The van der Waals surface area contributed by atoms with Gasteiger partial charge in [0.05, 0.1) is 23.1 Å². The van der Waals surface area contributed by atoms with Gasteiger partial charge in [-0.05, 0) is 19.9 Å². The molecule has 0 radical (unpaired) electrons. The number of nitrogens with one attached hydrogen (secondary N) is 1. The van der Waals surface area contributed by atoms with E-state index in [0.29, 0.717) is 12.2 Å². The smallest absolute Gasteiger partial charge is 0.0743 e. The molecular formula is C13H18N4. The third kappa shape index (κ3) is 2.65. The van der Waals surface area contributed by atoms with Crippen LogP contribution in [0.15, 0.2) is 30.5 Å². The van der Waals surface area contributed by atoms with Crippen LogP contribution < -0.4 is 16.8 Å². The van der Waals surface area contributed by atoms with Gasteiger partial charge in [-0.3, -0.25) is 4.98 Å². The Morgan fingerprint density at radius 1 is 1.29 bits per heavy atom. The van der Waals surface area contributed by atoms with Gasteiger partial charge in [-0.1, -0.05) is 18.2 Å². The molecule has 0 saturated carbocycles. The Bertz CT molecular complexity index is 528. The summed E-state index contributed by atoms with van der Waals surface area (Å²) in [5.41, 5.74) is 14.1. The number of hydrogen-bond acceptors (Lipinski definition) is 4. The van der Waals surface area contributed by atoms with Crippen molar-refractivity contribution in [2.24, 2.45) is 5.73 Å². The Morgan fingerprint density at radius 3 is 2.71 bits per heavy atom. The number of aromatic nitrogens is 1. The molecule has 0 aliphatic heterocycles. The fourth-order valence-corrected chi connectivity index (χ4v) is 1.67. The topological polar surface area (TPSA) is 77.0 Å². The maximum absolute atomic E-state index is 5.96. The van der Waals surface area contributed by atoms with Crippen LogP contribution in [0.3, 0.4) is 0 Å². The van der Waals surface area contributed by atoms with E-state index in [1.807, 2.05) is 38.1 Å². The number of anilines is 2. The lowest BCUT2D eigenvalue weighted by atomic mass is 10.1. The van der Waals surface area contributed by atoms with Gasteiger partial charge < -0.3 is 16.8 Å². The van der Waals surface area contributed by atoms with Gasteiger partial charge in [0.1, 0.15) is 0 Å². The number of pyridine rings is 1. The molecule has 4 heteroatoms. The highest BCUT2D eigenvalue weighted by Gasteiger charge is 2.12. The fourth-order valence-electron chi connectivity index (χ4n) is 1.67. The SMILES string of the molecule is CC(C)(N)CNc1c(N)cnc2ccccc12. The van der Waals surface area contributed by atoms with Crippen molar-refractivity contribution in [3.63, 3.8) is 0 Å². The number of fused-ring (bicyclic) bond motifs is 1. The molecule has 2 rings (SSSR count). The molecule has 0 atom stereocenters. The zero-order chi connectivity index (χ0) is 12.5. The first kappa shape index (κ1) is 11.7. The third-order valence-electron chi connectivity index (χ3n) is 2.53. The Labute approximate surface area is 101 Å². The van der Waals surface area contributed by atoms with Crippen LogP contribution in [-0.2, 0) is 0 Å². The van der Waals surface area contributed by atoms with Crippen molar-refractivity contribution in [3.05, 3.63) is 30.5 Å². The minimum atomic E-state index is -0.281. The molecule has 0 saturated heterocycles. The Balaban J connectivity index is 2.41. The van der Waals surface area contributed by atoms with E-state index in [1.54, 1.807) is 6.20 Å². The van der Waals surface area contributed by atoms with Gasteiger partial charge in [-0.2, -0.15) is 0 Å². The number of para-hydroxylation sites is 1. The number of hydrogen-bond donors (Lipinski definition) is 3. The second-order valence-electron chi connectivity index (χ2n) is 4.95. The second kappa shape index (κ2) is 4.22. The molecule has 90 valence electrons. The maximum Gasteiger partial charge on any atom is 0.0743 e. The molecule has 0 aliphatic rings. The molecule has 4 nitrogen and oxygen atoms in total. The monoisotopic (exact) mass is 230 g/mol.